The van der Waals surface area contributed by atoms with Crippen LogP contribution in [0.5, 0.6) is 0 Å². The van der Waals surface area contributed by atoms with Gasteiger partial charge in [0, 0.05) is 13.1 Å². The Morgan fingerprint density at radius 2 is 2.06 bits per heavy atom. The highest BCUT2D eigenvalue weighted by Crippen LogP contribution is 2.18. The number of halogens is 2. The van der Waals surface area contributed by atoms with Crippen LogP contribution in [-0.4, -0.2) is 37.9 Å². The second-order valence-electron chi connectivity index (χ2n) is 4.53. The fourth-order valence-corrected chi connectivity index (χ4v) is 3.78. The van der Waals surface area contributed by atoms with Crippen LogP contribution in [0.1, 0.15) is 12.0 Å². The van der Waals surface area contributed by atoms with Crippen LogP contribution < -0.4 is 0 Å². The summed E-state index contributed by atoms with van der Waals surface area (Å²) >= 11 is 3.15. The molecule has 0 unspecified atom stereocenters. The number of rotatable bonds is 2. The van der Waals surface area contributed by atoms with Crippen molar-refractivity contribution >= 4 is 25.8 Å². The Labute approximate surface area is 115 Å². The average molecular weight is 336 g/mol. The van der Waals surface area contributed by atoms with E-state index in [-0.39, 0.29) is 17.3 Å². The van der Waals surface area contributed by atoms with E-state index in [1.165, 1.54) is 6.07 Å². The molecule has 0 aliphatic carbocycles. The van der Waals surface area contributed by atoms with E-state index in [0.29, 0.717) is 24.0 Å². The highest BCUT2D eigenvalue weighted by atomic mass is 79.9. The van der Waals surface area contributed by atoms with E-state index in [9.17, 15) is 12.8 Å². The van der Waals surface area contributed by atoms with Gasteiger partial charge in [0.25, 0.3) is 0 Å². The number of hydrogen-bond donors (Lipinski definition) is 0. The Balaban J connectivity index is 2.03. The van der Waals surface area contributed by atoms with Crippen molar-refractivity contribution in [1.82, 2.24) is 4.90 Å². The third-order valence-corrected chi connectivity index (χ3v) is 5.36. The zero-order valence-corrected chi connectivity index (χ0v) is 12.3. The van der Waals surface area contributed by atoms with Gasteiger partial charge in [-0.15, -0.1) is 0 Å². The zero-order valence-electron chi connectivity index (χ0n) is 9.90. The molecule has 0 aromatic heterocycles. The maximum Gasteiger partial charge on any atom is 0.151 e. The van der Waals surface area contributed by atoms with Gasteiger partial charge in [-0.3, -0.25) is 4.90 Å². The van der Waals surface area contributed by atoms with Crippen molar-refractivity contribution < 1.29 is 12.8 Å². The normalized spacial score (nSPS) is 20.6. The Morgan fingerprint density at radius 3 is 2.78 bits per heavy atom. The van der Waals surface area contributed by atoms with E-state index in [4.69, 9.17) is 0 Å². The Morgan fingerprint density at radius 1 is 1.28 bits per heavy atom. The lowest BCUT2D eigenvalue weighted by atomic mass is 10.2. The van der Waals surface area contributed by atoms with Gasteiger partial charge < -0.3 is 0 Å². The molecule has 0 atom stereocenters. The first-order valence-corrected chi connectivity index (χ1v) is 8.44. The molecule has 1 aliphatic rings. The summed E-state index contributed by atoms with van der Waals surface area (Å²) in [6, 6.07) is 4.90. The van der Waals surface area contributed by atoms with Crippen LogP contribution in [0.15, 0.2) is 22.7 Å². The molecule has 6 heteroatoms. The lowest BCUT2D eigenvalue weighted by molar-refractivity contribution is 0.287. The third-order valence-electron chi connectivity index (χ3n) is 3.04. The van der Waals surface area contributed by atoms with Gasteiger partial charge in [0.15, 0.2) is 9.84 Å². The molecule has 18 heavy (non-hydrogen) atoms. The summed E-state index contributed by atoms with van der Waals surface area (Å²) in [5, 5.41) is 0. The Hall–Kier alpha value is -0.460. The van der Waals surface area contributed by atoms with Crippen molar-refractivity contribution in [2.24, 2.45) is 0 Å². The minimum Gasteiger partial charge on any atom is -0.298 e. The number of hydrogen-bond acceptors (Lipinski definition) is 3. The van der Waals surface area contributed by atoms with Gasteiger partial charge in [-0.05, 0) is 46.6 Å². The molecule has 0 saturated carbocycles. The maximum absolute atomic E-state index is 13.1. The molecule has 3 nitrogen and oxygen atoms in total. The fraction of sp³-hybridized carbons (Fsp3) is 0.500. The summed E-state index contributed by atoms with van der Waals surface area (Å²) in [6.45, 7) is 1.99. The SMILES string of the molecule is O=S1(=O)CCCN(Cc2ccc(F)c(Br)c2)CC1. The second-order valence-corrected chi connectivity index (χ2v) is 7.69. The van der Waals surface area contributed by atoms with Crippen LogP contribution in [0.25, 0.3) is 0 Å². The van der Waals surface area contributed by atoms with Gasteiger partial charge in [-0.25, -0.2) is 12.8 Å². The average Bonchev–Trinajstić information content (AvgIpc) is 2.46. The Bertz CT molecular complexity index is 533. The molecule has 1 aromatic carbocycles. The van der Waals surface area contributed by atoms with Crippen molar-refractivity contribution in [2.45, 2.75) is 13.0 Å². The minimum atomic E-state index is -2.87. The summed E-state index contributed by atoms with van der Waals surface area (Å²) in [4.78, 5) is 2.10. The summed E-state index contributed by atoms with van der Waals surface area (Å²) in [5.41, 5.74) is 0.988. The van der Waals surface area contributed by atoms with E-state index in [1.807, 2.05) is 0 Å². The Kier molecular flexibility index (Phi) is 4.40. The molecule has 1 saturated heterocycles. The van der Waals surface area contributed by atoms with Gasteiger partial charge in [0.1, 0.15) is 5.82 Å². The minimum absolute atomic E-state index is 0.218. The highest BCUT2D eigenvalue weighted by Gasteiger charge is 2.19. The highest BCUT2D eigenvalue weighted by molar-refractivity contribution is 9.10. The molecule has 0 radical (unpaired) electrons. The topological polar surface area (TPSA) is 37.4 Å². The largest absolute Gasteiger partial charge is 0.298 e. The monoisotopic (exact) mass is 335 g/mol. The van der Waals surface area contributed by atoms with Crippen LogP contribution in [0.4, 0.5) is 4.39 Å². The summed E-state index contributed by atoms with van der Waals surface area (Å²) < 4.78 is 36.5. The first-order chi connectivity index (χ1) is 8.46. The van der Waals surface area contributed by atoms with Crippen molar-refractivity contribution in [3.8, 4) is 0 Å². The molecule has 1 aliphatic heterocycles. The smallest absolute Gasteiger partial charge is 0.151 e. The van der Waals surface area contributed by atoms with E-state index < -0.39 is 9.84 Å². The van der Waals surface area contributed by atoms with E-state index in [0.717, 1.165) is 12.1 Å². The summed E-state index contributed by atoms with van der Waals surface area (Å²) in [5.74, 6) is 0.212. The van der Waals surface area contributed by atoms with Gasteiger partial charge in [0.2, 0.25) is 0 Å². The second kappa shape index (κ2) is 5.67. The molecule has 1 aromatic rings. The number of benzene rings is 1. The first kappa shape index (κ1) is 14.0. The standard InChI is InChI=1S/C12H15BrFNO2S/c13-11-8-10(2-3-12(11)14)9-15-4-1-6-18(16,17)7-5-15/h2-3,8H,1,4-7,9H2. The predicted molar refractivity (Wildman–Crippen MR) is 72.6 cm³/mol. The lowest BCUT2D eigenvalue weighted by Crippen LogP contribution is -2.26. The fourth-order valence-electron chi connectivity index (χ4n) is 2.04. The van der Waals surface area contributed by atoms with Crippen LogP contribution in [0, 0.1) is 5.82 Å². The zero-order chi connectivity index (χ0) is 13.2. The predicted octanol–water partition coefficient (Wildman–Crippen LogP) is 2.21. The number of sulfone groups is 1. The third kappa shape index (κ3) is 3.76. The quantitative estimate of drug-likeness (QED) is 0.831. The molecule has 1 fully saturated rings. The van der Waals surface area contributed by atoms with Gasteiger partial charge in [-0.2, -0.15) is 0 Å². The molecule has 0 bridgehead atoms. The van der Waals surface area contributed by atoms with Crippen LogP contribution in [0.3, 0.4) is 0 Å². The number of nitrogens with zero attached hydrogens (tertiary/aromatic N) is 1. The molecule has 2 rings (SSSR count). The van der Waals surface area contributed by atoms with Gasteiger partial charge in [-0.1, -0.05) is 6.07 Å². The van der Waals surface area contributed by atoms with Crippen LogP contribution in [-0.2, 0) is 16.4 Å². The first-order valence-electron chi connectivity index (χ1n) is 5.83. The molecule has 0 spiro atoms. The van der Waals surface area contributed by atoms with Crippen LogP contribution >= 0.6 is 15.9 Å². The van der Waals surface area contributed by atoms with Crippen LogP contribution in [0.2, 0.25) is 0 Å². The van der Waals surface area contributed by atoms with E-state index >= 15 is 0 Å². The molecule has 0 N–H and O–H groups in total. The van der Waals surface area contributed by atoms with E-state index in [1.54, 1.807) is 12.1 Å². The van der Waals surface area contributed by atoms with Crippen molar-refractivity contribution in [2.75, 3.05) is 24.6 Å². The van der Waals surface area contributed by atoms with Gasteiger partial charge >= 0.3 is 0 Å². The molecule has 1 heterocycles. The van der Waals surface area contributed by atoms with Gasteiger partial charge in [0.05, 0.1) is 16.0 Å². The molecule has 100 valence electrons. The summed E-state index contributed by atoms with van der Waals surface area (Å²) in [6.07, 6.45) is 0.671. The van der Waals surface area contributed by atoms with Crippen molar-refractivity contribution in [1.29, 1.82) is 0 Å². The molecular formula is C12H15BrFNO2S. The summed E-state index contributed by atoms with van der Waals surface area (Å²) in [7, 11) is -2.87. The molecular weight excluding hydrogens is 321 g/mol. The van der Waals surface area contributed by atoms with Crippen molar-refractivity contribution in [3.05, 3.63) is 34.1 Å². The maximum atomic E-state index is 13.1. The molecule has 0 amide bonds. The van der Waals surface area contributed by atoms with E-state index in [2.05, 4.69) is 20.8 Å². The lowest BCUT2D eigenvalue weighted by Gasteiger charge is -2.19. The van der Waals surface area contributed by atoms with Crippen molar-refractivity contribution in [3.63, 3.8) is 0 Å².